The fourth-order valence-corrected chi connectivity index (χ4v) is 3.41. The van der Waals surface area contributed by atoms with Crippen LogP contribution in [0.1, 0.15) is 55.6 Å². The summed E-state index contributed by atoms with van der Waals surface area (Å²) in [6, 6.07) is 14.8. The Hall–Kier alpha value is -2.82. The molecule has 0 saturated carbocycles. The minimum Gasteiger partial charge on any atom is -0.478 e. The number of nitrogens with zero attached hydrogens (tertiary/aromatic N) is 1. The second-order valence-electron chi connectivity index (χ2n) is 7.84. The Morgan fingerprint density at radius 2 is 1.74 bits per heavy atom. The first-order valence-corrected chi connectivity index (χ1v) is 9.18. The minimum absolute atomic E-state index is 0.0255. The molecule has 1 saturated heterocycles. The number of likely N-dealkylation sites (tertiary alicyclic amines) is 1. The fourth-order valence-electron chi connectivity index (χ4n) is 3.41. The molecule has 1 fully saturated rings. The summed E-state index contributed by atoms with van der Waals surface area (Å²) in [5.41, 5.74) is 2.56. The SMILES string of the molecule is CC(C)(C)OC(=O)N1CCC[C@@H]1c1cccc(-c2cccc(C(=O)O)c2)c1. The molecule has 0 spiro atoms. The third-order valence-electron chi connectivity index (χ3n) is 4.60. The highest BCUT2D eigenvalue weighted by Gasteiger charge is 2.33. The molecule has 0 aromatic heterocycles. The molecule has 1 amide bonds. The highest BCUT2D eigenvalue weighted by Crippen LogP contribution is 2.35. The van der Waals surface area contributed by atoms with E-state index in [0.717, 1.165) is 29.5 Å². The predicted molar refractivity (Wildman–Crippen MR) is 104 cm³/mol. The van der Waals surface area contributed by atoms with Crippen molar-refractivity contribution < 1.29 is 19.4 Å². The van der Waals surface area contributed by atoms with Crippen molar-refractivity contribution in [3.05, 3.63) is 59.7 Å². The second kappa shape index (κ2) is 7.43. The second-order valence-corrected chi connectivity index (χ2v) is 7.84. The van der Waals surface area contributed by atoms with Gasteiger partial charge in [-0.25, -0.2) is 9.59 Å². The van der Waals surface area contributed by atoms with Crippen LogP contribution in [0.5, 0.6) is 0 Å². The van der Waals surface area contributed by atoms with E-state index in [4.69, 9.17) is 4.74 Å². The Kier molecular flexibility index (Phi) is 5.22. The lowest BCUT2D eigenvalue weighted by molar-refractivity contribution is 0.0224. The zero-order valence-electron chi connectivity index (χ0n) is 15.9. The van der Waals surface area contributed by atoms with Crippen LogP contribution in [0.4, 0.5) is 4.79 Å². The molecule has 0 bridgehead atoms. The Labute approximate surface area is 159 Å². The summed E-state index contributed by atoms with van der Waals surface area (Å²) in [5, 5.41) is 9.21. The molecule has 0 aliphatic carbocycles. The first kappa shape index (κ1) is 19.0. The summed E-state index contributed by atoms with van der Waals surface area (Å²) in [5.74, 6) is -0.945. The van der Waals surface area contributed by atoms with Gasteiger partial charge in [-0.05, 0) is 68.5 Å². The van der Waals surface area contributed by atoms with Gasteiger partial charge in [-0.1, -0.05) is 30.3 Å². The number of hydrogen-bond acceptors (Lipinski definition) is 3. The number of carboxylic acids is 1. The quantitative estimate of drug-likeness (QED) is 0.817. The normalized spacial score (nSPS) is 17.0. The van der Waals surface area contributed by atoms with Gasteiger partial charge in [0.25, 0.3) is 0 Å². The van der Waals surface area contributed by atoms with Crippen LogP contribution in [0.15, 0.2) is 48.5 Å². The number of carbonyl (C=O) groups excluding carboxylic acids is 1. The van der Waals surface area contributed by atoms with Gasteiger partial charge >= 0.3 is 12.1 Å². The Morgan fingerprint density at radius 3 is 2.41 bits per heavy atom. The summed E-state index contributed by atoms with van der Waals surface area (Å²) < 4.78 is 5.55. The van der Waals surface area contributed by atoms with Crippen molar-refractivity contribution >= 4 is 12.1 Å². The van der Waals surface area contributed by atoms with Crippen molar-refractivity contribution in [3.8, 4) is 11.1 Å². The van der Waals surface area contributed by atoms with Gasteiger partial charge in [0.2, 0.25) is 0 Å². The monoisotopic (exact) mass is 367 g/mol. The number of amides is 1. The first-order valence-electron chi connectivity index (χ1n) is 9.18. The average molecular weight is 367 g/mol. The van der Waals surface area contributed by atoms with Gasteiger partial charge in [-0.2, -0.15) is 0 Å². The first-order chi connectivity index (χ1) is 12.7. The molecule has 1 heterocycles. The van der Waals surface area contributed by atoms with Gasteiger partial charge in [0.15, 0.2) is 0 Å². The van der Waals surface area contributed by atoms with E-state index < -0.39 is 11.6 Å². The summed E-state index contributed by atoms with van der Waals surface area (Å²) >= 11 is 0. The molecule has 1 atom stereocenters. The average Bonchev–Trinajstić information content (AvgIpc) is 3.10. The molecule has 27 heavy (non-hydrogen) atoms. The van der Waals surface area contributed by atoms with Crippen LogP contribution in [-0.2, 0) is 4.74 Å². The smallest absolute Gasteiger partial charge is 0.410 e. The van der Waals surface area contributed by atoms with Crippen molar-refractivity contribution in [1.29, 1.82) is 0 Å². The zero-order chi connectivity index (χ0) is 19.6. The van der Waals surface area contributed by atoms with Crippen LogP contribution in [0, 0.1) is 0 Å². The van der Waals surface area contributed by atoms with Gasteiger partial charge in [0.05, 0.1) is 11.6 Å². The summed E-state index contributed by atoms with van der Waals surface area (Å²) in [4.78, 5) is 25.6. The lowest BCUT2D eigenvalue weighted by Gasteiger charge is -2.29. The van der Waals surface area contributed by atoms with Crippen LogP contribution in [-0.4, -0.2) is 34.2 Å². The minimum atomic E-state index is -0.945. The molecule has 1 aliphatic heterocycles. The molecule has 1 aliphatic rings. The fraction of sp³-hybridized carbons (Fsp3) is 0.364. The van der Waals surface area contributed by atoms with Gasteiger partial charge in [-0.15, -0.1) is 0 Å². The van der Waals surface area contributed by atoms with Crippen molar-refractivity contribution in [2.24, 2.45) is 0 Å². The van der Waals surface area contributed by atoms with Gasteiger partial charge in [0.1, 0.15) is 5.60 Å². The lowest BCUT2D eigenvalue weighted by Crippen LogP contribution is -2.36. The molecule has 2 aromatic carbocycles. The summed E-state index contributed by atoms with van der Waals surface area (Å²) in [6.45, 7) is 6.28. The third kappa shape index (κ3) is 4.48. The van der Waals surface area contributed by atoms with E-state index in [1.807, 2.05) is 51.1 Å². The number of ether oxygens (including phenoxy) is 1. The number of rotatable bonds is 3. The number of carbonyl (C=O) groups is 2. The van der Waals surface area contributed by atoms with Crippen LogP contribution in [0.2, 0.25) is 0 Å². The zero-order valence-corrected chi connectivity index (χ0v) is 15.9. The molecule has 0 radical (unpaired) electrons. The van der Waals surface area contributed by atoms with E-state index in [0.29, 0.717) is 6.54 Å². The highest BCUT2D eigenvalue weighted by molar-refractivity contribution is 5.89. The van der Waals surface area contributed by atoms with Crippen molar-refractivity contribution in [2.75, 3.05) is 6.54 Å². The molecule has 5 heteroatoms. The molecular formula is C22H25NO4. The van der Waals surface area contributed by atoms with E-state index in [1.54, 1.807) is 23.1 Å². The van der Waals surface area contributed by atoms with E-state index in [2.05, 4.69) is 0 Å². The molecule has 0 unspecified atom stereocenters. The maximum absolute atomic E-state index is 12.6. The standard InChI is InChI=1S/C22H25NO4/c1-22(2,3)27-21(26)23-12-6-11-19(23)17-9-4-7-15(13-17)16-8-5-10-18(14-16)20(24)25/h4-5,7-10,13-14,19H,6,11-12H2,1-3H3,(H,24,25)/t19-/m1/s1. The maximum atomic E-state index is 12.6. The number of aromatic carboxylic acids is 1. The van der Waals surface area contributed by atoms with Crippen molar-refractivity contribution in [2.45, 2.75) is 45.3 Å². The predicted octanol–water partition coefficient (Wildman–Crippen LogP) is 5.12. The van der Waals surface area contributed by atoms with Gasteiger partial charge in [0, 0.05) is 6.54 Å². The number of hydrogen-bond donors (Lipinski definition) is 1. The Bertz CT molecular complexity index is 853. The molecule has 1 N–H and O–H groups in total. The van der Waals surface area contributed by atoms with Crippen LogP contribution in [0.25, 0.3) is 11.1 Å². The van der Waals surface area contributed by atoms with E-state index >= 15 is 0 Å². The number of carboxylic acid groups (broad SMARTS) is 1. The maximum Gasteiger partial charge on any atom is 0.410 e. The lowest BCUT2D eigenvalue weighted by atomic mass is 9.97. The Morgan fingerprint density at radius 1 is 1.07 bits per heavy atom. The topological polar surface area (TPSA) is 66.8 Å². The van der Waals surface area contributed by atoms with Crippen molar-refractivity contribution in [1.82, 2.24) is 4.90 Å². The number of benzene rings is 2. The van der Waals surface area contributed by atoms with E-state index in [9.17, 15) is 14.7 Å². The van der Waals surface area contributed by atoms with Gasteiger partial charge < -0.3 is 14.7 Å². The Balaban J connectivity index is 1.87. The molecule has 3 rings (SSSR count). The summed E-state index contributed by atoms with van der Waals surface area (Å²) in [6.07, 6.45) is 1.53. The largest absolute Gasteiger partial charge is 0.478 e. The van der Waals surface area contributed by atoms with Crippen LogP contribution in [0.3, 0.4) is 0 Å². The van der Waals surface area contributed by atoms with E-state index in [-0.39, 0.29) is 17.7 Å². The third-order valence-corrected chi connectivity index (χ3v) is 4.60. The van der Waals surface area contributed by atoms with Crippen molar-refractivity contribution in [3.63, 3.8) is 0 Å². The van der Waals surface area contributed by atoms with Crippen LogP contribution < -0.4 is 0 Å². The van der Waals surface area contributed by atoms with Crippen LogP contribution >= 0.6 is 0 Å². The molecular weight excluding hydrogens is 342 g/mol. The molecule has 5 nitrogen and oxygen atoms in total. The van der Waals surface area contributed by atoms with Gasteiger partial charge in [-0.3, -0.25) is 0 Å². The molecule has 142 valence electrons. The summed E-state index contributed by atoms with van der Waals surface area (Å²) in [7, 11) is 0. The highest BCUT2D eigenvalue weighted by atomic mass is 16.6. The molecule has 2 aromatic rings. The van der Waals surface area contributed by atoms with E-state index in [1.165, 1.54) is 0 Å².